The number of aliphatic carboxylic acids is 1. The number of likely N-dealkylation sites (tertiary alicyclic amines) is 1. The second-order valence-electron chi connectivity index (χ2n) is 6.98. The van der Waals surface area contributed by atoms with Crippen LogP contribution in [0.3, 0.4) is 0 Å². The number of thiazole rings is 1. The summed E-state index contributed by atoms with van der Waals surface area (Å²) in [5.74, 6) is -0.227. The van der Waals surface area contributed by atoms with Gasteiger partial charge in [0, 0.05) is 24.7 Å². The standard InChI is InChI=1S/C17H19N3O3S/c1-17(15(21)22)6-7-20(9-17)16(23)18-11-4-5-12-13(8-11)24-14(19-12)10-2-3-10/h4-5,8,10H,2-3,6-7,9H2,1H3,(H,18,23)(H,21,22). The lowest BCUT2D eigenvalue weighted by molar-refractivity contribution is -0.146. The average molecular weight is 345 g/mol. The Bertz CT molecular complexity index is 830. The van der Waals surface area contributed by atoms with Crippen molar-refractivity contribution >= 4 is 39.2 Å². The molecule has 2 N–H and O–H groups in total. The number of nitrogens with zero attached hydrogens (tertiary/aromatic N) is 2. The zero-order chi connectivity index (χ0) is 16.9. The van der Waals surface area contributed by atoms with E-state index < -0.39 is 11.4 Å². The van der Waals surface area contributed by atoms with E-state index in [0.29, 0.717) is 18.9 Å². The highest BCUT2D eigenvalue weighted by atomic mass is 32.1. The Morgan fingerprint density at radius 2 is 2.21 bits per heavy atom. The van der Waals surface area contributed by atoms with Gasteiger partial charge in [-0.3, -0.25) is 4.79 Å². The van der Waals surface area contributed by atoms with Crippen LogP contribution in [0.15, 0.2) is 18.2 Å². The number of carbonyl (C=O) groups excluding carboxylic acids is 1. The molecule has 1 aliphatic heterocycles. The van der Waals surface area contributed by atoms with Crippen LogP contribution in [0.2, 0.25) is 0 Å². The minimum absolute atomic E-state index is 0.239. The zero-order valence-corrected chi connectivity index (χ0v) is 14.2. The normalized spacial score (nSPS) is 23.6. The Kier molecular flexibility index (Phi) is 3.49. The second kappa shape index (κ2) is 5.44. The van der Waals surface area contributed by atoms with Gasteiger partial charge in [0.2, 0.25) is 0 Å². The lowest BCUT2D eigenvalue weighted by Gasteiger charge is -2.20. The topological polar surface area (TPSA) is 82.5 Å². The predicted octanol–water partition coefficient (Wildman–Crippen LogP) is 3.50. The largest absolute Gasteiger partial charge is 0.481 e. The van der Waals surface area contributed by atoms with Crippen LogP contribution in [0.1, 0.15) is 37.1 Å². The zero-order valence-electron chi connectivity index (χ0n) is 13.4. The van der Waals surface area contributed by atoms with E-state index in [1.165, 1.54) is 17.8 Å². The first kappa shape index (κ1) is 15.4. The molecule has 2 heterocycles. The highest BCUT2D eigenvalue weighted by Crippen LogP contribution is 2.43. The van der Waals surface area contributed by atoms with Crippen molar-refractivity contribution in [2.24, 2.45) is 5.41 Å². The molecule has 1 aromatic carbocycles. The number of anilines is 1. The van der Waals surface area contributed by atoms with Gasteiger partial charge in [0.05, 0.1) is 20.6 Å². The van der Waals surface area contributed by atoms with Crippen LogP contribution in [-0.4, -0.2) is 40.1 Å². The third-order valence-corrected chi connectivity index (χ3v) is 6.04. The minimum atomic E-state index is -0.850. The number of carboxylic acids is 1. The van der Waals surface area contributed by atoms with Gasteiger partial charge in [-0.05, 0) is 44.4 Å². The van der Waals surface area contributed by atoms with Crippen molar-refractivity contribution in [2.75, 3.05) is 18.4 Å². The molecule has 126 valence electrons. The maximum Gasteiger partial charge on any atom is 0.321 e. The van der Waals surface area contributed by atoms with Crippen molar-refractivity contribution in [1.82, 2.24) is 9.88 Å². The third kappa shape index (κ3) is 2.73. The van der Waals surface area contributed by atoms with Crippen molar-refractivity contribution in [2.45, 2.75) is 32.1 Å². The SMILES string of the molecule is CC1(C(=O)O)CCN(C(=O)Nc2ccc3nc(C4CC4)sc3c2)C1. The van der Waals surface area contributed by atoms with Crippen LogP contribution in [0.5, 0.6) is 0 Å². The van der Waals surface area contributed by atoms with Crippen molar-refractivity contribution in [3.8, 4) is 0 Å². The van der Waals surface area contributed by atoms with Gasteiger partial charge in [0.15, 0.2) is 0 Å². The van der Waals surface area contributed by atoms with Gasteiger partial charge in [-0.2, -0.15) is 0 Å². The van der Waals surface area contributed by atoms with Crippen molar-refractivity contribution in [1.29, 1.82) is 0 Å². The maximum atomic E-state index is 12.4. The highest BCUT2D eigenvalue weighted by Gasteiger charge is 2.42. The van der Waals surface area contributed by atoms with E-state index in [-0.39, 0.29) is 12.6 Å². The molecule has 2 amide bonds. The van der Waals surface area contributed by atoms with Gasteiger partial charge in [0.25, 0.3) is 0 Å². The number of nitrogens with one attached hydrogen (secondary N) is 1. The van der Waals surface area contributed by atoms with Crippen LogP contribution in [0.4, 0.5) is 10.5 Å². The van der Waals surface area contributed by atoms with Gasteiger partial charge in [-0.1, -0.05) is 0 Å². The Hall–Kier alpha value is -2.15. The van der Waals surface area contributed by atoms with Crippen molar-refractivity contribution < 1.29 is 14.7 Å². The van der Waals surface area contributed by atoms with Gasteiger partial charge in [-0.25, -0.2) is 9.78 Å². The van der Waals surface area contributed by atoms with Gasteiger partial charge >= 0.3 is 12.0 Å². The van der Waals surface area contributed by atoms with Crippen LogP contribution >= 0.6 is 11.3 Å². The van der Waals surface area contributed by atoms with Crippen LogP contribution in [0.25, 0.3) is 10.2 Å². The summed E-state index contributed by atoms with van der Waals surface area (Å²) >= 11 is 1.69. The molecule has 1 saturated heterocycles. The number of benzene rings is 1. The molecule has 0 radical (unpaired) electrons. The fraction of sp³-hybridized carbons (Fsp3) is 0.471. The monoisotopic (exact) mass is 345 g/mol. The first-order valence-corrected chi connectivity index (χ1v) is 8.96. The summed E-state index contributed by atoms with van der Waals surface area (Å²) in [6, 6.07) is 5.48. The number of amides is 2. The molecule has 0 spiro atoms. The first-order valence-electron chi connectivity index (χ1n) is 8.14. The van der Waals surface area contributed by atoms with E-state index in [4.69, 9.17) is 0 Å². The molecular formula is C17H19N3O3S. The number of hydrogen-bond donors (Lipinski definition) is 2. The quantitative estimate of drug-likeness (QED) is 0.892. The molecule has 2 aromatic rings. The van der Waals surface area contributed by atoms with Crippen LogP contribution in [0, 0.1) is 5.41 Å². The van der Waals surface area contributed by atoms with Gasteiger partial charge < -0.3 is 15.3 Å². The molecule has 1 unspecified atom stereocenters. The number of carboxylic acid groups (broad SMARTS) is 1. The highest BCUT2D eigenvalue weighted by molar-refractivity contribution is 7.18. The molecule has 1 aliphatic carbocycles. The summed E-state index contributed by atoms with van der Waals surface area (Å²) in [6.07, 6.45) is 2.93. The summed E-state index contributed by atoms with van der Waals surface area (Å²) in [6.45, 7) is 2.39. The number of hydrogen-bond acceptors (Lipinski definition) is 4. The Labute approximate surface area is 143 Å². The summed E-state index contributed by atoms with van der Waals surface area (Å²) < 4.78 is 1.08. The van der Waals surface area contributed by atoms with E-state index in [1.54, 1.807) is 23.2 Å². The molecule has 2 aliphatic rings. The summed E-state index contributed by atoms with van der Waals surface area (Å²) in [4.78, 5) is 29.9. The Morgan fingerprint density at radius 3 is 2.88 bits per heavy atom. The fourth-order valence-corrected chi connectivity index (χ4v) is 4.21. The third-order valence-electron chi connectivity index (χ3n) is 4.86. The summed E-state index contributed by atoms with van der Waals surface area (Å²) in [5, 5.41) is 13.3. The smallest absolute Gasteiger partial charge is 0.321 e. The molecule has 2 fully saturated rings. The molecule has 1 aromatic heterocycles. The van der Waals surface area contributed by atoms with Crippen molar-refractivity contribution in [3.05, 3.63) is 23.2 Å². The lowest BCUT2D eigenvalue weighted by atomic mass is 9.90. The molecule has 1 atom stereocenters. The van der Waals surface area contributed by atoms with Crippen LogP contribution < -0.4 is 5.32 Å². The summed E-state index contributed by atoms with van der Waals surface area (Å²) in [5.41, 5.74) is 0.847. The van der Waals surface area contributed by atoms with E-state index in [9.17, 15) is 14.7 Å². The Balaban J connectivity index is 1.47. The van der Waals surface area contributed by atoms with Gasteiger partial charge in [0.1, 0.15) is 0 Å². The number of fused-ring (bicyclic) bond motifs is 1. The number of urea groups is 1. The van der Waals surface area contributed by atoms with E-state index >= 15 is 0 Å². The van der Waals surface area contributed by atoms with Gasteiger partial charge in [-0.15, -0.1) is 11.3 Å². The number of carbonyl (C=O) groups is 2. The van der Waals surface area contributed by atoms with E-state index in [1.807, 2.05) is 18.2 Å². The molecule has 0 bridgehead atoms. The van der Waals surface area contributed by atoms with Crippen molar-refractivity contribution in [3.63, 3.8) is 0 Å². The molecular weight excluding hydrogens is 326 g/mol. The number of aromatic nitrogens is 1. The van der Waals surface area contributed by atoms with E-state index in [0.717, 1.165) is 15.9 Å². The minimum Gasteiger partial charge on any atom is -0.481 e. The lowest BCUT2D eigenvalue weighted by Crippen LogP contribution is -2.37. The Morgan fingerprint density at radius 1 is 1.42 bits per heavy atom. The molecule has 1 saturated carbocycles. The molecule has 7 heteroatoms. The molecule has 24 heavy (non-hydrogen) atoms. The first-order chi connectivity index (χ1) is 11.4. The molecule has 6 nitrogen and oxygen atoms in total. The number of rotatable bonds is 3. The average Bonchev–Trinajstić information content (AvgIpc) is 3.18. The fourth-order valence-electron chi connectivity index (χ4n) is 3.04. The van der Waals surface area contributed by atoms with E-state index in [2.05, 4.69) is 10.3 Å². The maximum absolute atomic E-state index is 12.4. The predicted molar refractivity (Wildman–Crippen MR) is 92.5 cm³/mol. The second-order valence-corrected chi connectivity index (χ2v) is 8.04. The summed E-state index contributed by atoms with van der Waals surface area (Å²) in [7, 11) is 0. The van der Waals surface area contributed by atoms with Crippen LogP contribution in [-0.2, 0) is 4.79 Å². The molecule has 4 rings (SSSR count).